The number of primary sulfonamides is 1. The Balaban J connectivity index is 2.63. The number of sulfonamides is 1. The zero-order chi connectivity index (χ0) is 11.5. The molecule has 2 N–H and O–H groups in total. The van der Waals surface area contributed by atoms with Gasteiger partial charge in [-0.25, -0.2) is 13.6 Å². The highest BCUT2D eigenvalue weighted by Crippen LogP contribution is 2.25. The molecule has 0 aromatic carbocycles. The van der Waals surface area contributed by atoms with E-state index in [1.807, 2.05) is 6.92 Å². The number of allylic oxidation sites excluding steroid dienone is 1. The maximum atomic E-state index is 11.4. The summed E-state index contributed by atoms with van der Waals surface area (Å²) in [5.74, 6) is 0.00157. The normalized spacial score (nSPS) is 25.3. The van der Waals surface area contributed by atoms with Crippen LogP contribution >= 0.6 is 0 Å². The van der Waals surface area contributed by atoms with E-state index in [-0.39, 0.29) is 12.0 Å². The maximum Gasteiger partial charge on any atom is 0.212 e. The van der Waals surface area contributed by atoms with Crippen LogP contribution in [0.1, 0.15) is 26.2 Å². The van der Waals surface area contributed by atoms with Gasteiger partial charge in [0.25, 0.3) is 0 Å². The van der Waals surface area contributed by atoms with Crippen LogP contribution in [0.4, 0.5) is 0 Å². The van der Waals surface area contributed by atoms with Crippen molar-refractivity contribution in [3.05, 3.63) is 12.7 Å². The summed E-state index contributed by atoms with van der Waals surface area (Å²) in [4.78, 5) is 0. The molecule has 0 aromatic rings. The summed E-state index contributed by atoms with van der Waals surface area (Å²) in [5, 5.41) is 4.71. The van der Waals surface area contributed by atoms with Crippen LogP contribution in [0, 0.1) is 5.92 Å². The third-order valence-electron chi connectivity index (χ3n) is 2.88. The van der Waals surface area contributed by atoms with Crippen molar-refractivity contribution in [1.29, 1.82) is 0 Å². The van der Waals surface area contributed by atoms with Crippen LogP contribution in [0.25, 0.3) is 0 Å². The van der Waals surface area contributed by atoms with Gasteiger partial charge in [0.1, 0.15) is 0 Å². The Bertz CT molecular complexity index is 309. The van der Waals surface area contributed by atoms with Gasteiger partial charge in [-0.3, -0.25) is 0 Å². The minimum atomic E-state index is -3.49. The highest BCUT2D eigenvalue weighted by molar-refractivity contribution is 7.89. The summed E-state index contributed by atoms with van der Waals surface area (Å²) >= 11 is 0. The van der Waals surface area contributed by atoms with Gasteiger partial charge in [-0.15, -0.1) is 6.58 Å². The molecule has 0 radical (unpaired) electrons. The summed E-state index contributed by atoms with van der Waals surface area (Å²) in [5.41, 5.74) is 0. The molecule has 1 rings (SSSR count). The lowest BCUT2D eigenvalue weighted by atomic mass is 9.96. The first kappa shape index (κ1) is 12.7. The van der Waals surface area contributed by atoms with E-state index in [9.17, 15) is 8.42 Å². The molecule has 1 fully saturated rings. The van der Waals surface area contributed by atoms with E-state index in [1.165, 1.54) is 0 Å². The molecule has 1 heterocycles. The average molecular weight is 233 g/mol. The van der Waals surface area contributed by atoms with Gasteiger partial charge >= 0.3 is 0 Å². The van der Waals surface area contributed by atoms with Crippen molar-refractivity contribution in [2.24, 2.45) is 11.1 Å². The van der Waals surface area contributed by atoms with Crippen molar-refractivity contribution in [2.75, 3.05) is 6.61 Å². The van der Waals surface area contributed by atoms with Gasteiger partial charge in [0.15, 0.2) is 0 Å². The van der Waals surface area contributed by atoms with Crippen molar-refractivity contribution in [3.63, 3.8) is 0 Å². The third-order valence-corrected chi connectivity index (χ3v) is 4.38. The predicted octanol–water partition coefficient (Wildman–Crippen LogP) is 1.03. The first-order valence-electron chi connectivity index (χ1n) is 5.19. The Morgan fingerprint density at radius 1 is 1.67 bits per heavy atom. The molecule has 4 nitrogen and oxygen atoms in total. The number of hydrogen-bond acceptors (Lipinski definition) is 3. The molecule has 0 aromatic heterocycles. The monoisotopic (exact) mass is 233 g/mol. The SMILES string of the molecule is C=CCC(C)C(C[C@@H]1CCO1)S(N)(=O)=O. The smallest absolute Gasteiger partial charge is 0.212 e. The standard InChI is InChI=1S/C10H19NO3S/c1-3-4-8(2)10(15(11,12)13)7-9-5-6-14-9/h3,8-10H,1,4-7H2,2H3,(H2,11,12,13)/t8?,9-,10?/m0/s1. The highest BCUT2D eigenvalue weighted by atomic mass is 32.2. The number of hydrogen-bond donors (Lipinski definition) is 1. The van der Waals surface area contributed by atoms with Gasteiger partial charge in [0.05, 0.1) is 11.4 Å². The van der Waals surface area contributed by atoms with E-state index in [2.05, 4.69) is 6.58 Å². The van der Waals surface area contributed by atoms with Crippen molar-refractivity contribution < 1.29 is 13.2 Å². The quantitative estimate of drug-likeness (QED) is 0.697. The van der Waals surface area contributed by atoms with E-state index in [0.717, 1.165) is 13.0 Å². The lowest BCUT2D eigenvalue weighted by molar-refractivity contribution is -0.0563. The summed E-state index contributed by atoms with van der Waals surface area (Å²) in [6.07, 6.45) is 3.90. The van der Waals surface area contributed by atoms with E-state index >= 15 is 0 Å². The van der Waals surface area contributed by atoms with Crippen molar-refractivity contribution >= 4 is 10.0 Å². The molecule has 2 unspecified atom stereocenters. The summed E-state index contributed by atoms with van der Waals surface area (Å²) in [6, 6.07) is 0. The van der Waals surface area contributed by atoms with Crippen LogP contribution < -0.4 is 5.14 Å². The van der Waals surface area contributed by atoms with Gasteiger partial charge in [-0.2, -0.15) is 0 Å². The molecule has 0 saturated carbocycles. The zero-order valence-corrected chi connectivity index (χ0v) is 9.87. The van der Waals surface area contributed by atoms with Gasteiger partial charge in [-0.05, 0) is 25.2 Å². The Morgan fingerprint density at radius 3 is 2.60 bits per heavy atom. The van der Waals surface area contributed by atoms with E-state index in [4.69, 9.17) is 9.88 Å². The minimum absolute atomic E-state index is 0.00157. The molecule has 0 spiro atoms. The topological polar surface area (TPSA) is 69.4 Å². The zero-order valence-electron chi connectivity index (χ0n) is 9.06. The van der Waals surface area contributed by atoms with E-state index < -0.39 is 15.3 Å². The molecule has 88 valence electrons. The number of nitrogens with two attached hydrogens (primary N) is 1. The molecule has 1 aliphatic heterocycles. The predicted molar refractivity (Wildman–Crippen MR) is 59.8 cm³/mol. The van der Waals surface area contributed by atoms with Crippen LogP contribution in [-0.2, 0) is 14.8 Å². The molecule has 0 amide bonds. The van der Waals surface area contributed by atoms with Gasteiger partial charge < -0.3 is 4.74 Å². The Kier molecular flexibility index (Phi) is 4.31. The fraction of sp³-hybridized carbons (Fsp3) is 0.800. The largest absolute Gasteiger partial charge is 0.378 e. The van der Waals surface area contributed by atoms with Crippen molar-refractivity contribution in [2.45, 2.75) is 37.5 Å². The van der Waals surface area contributed by atoms with Crippen molar-refractivity contribution in [3.8, 4) is 0 Å². The van der Waals surface area contributed by atoms with E-state index in [0.29, 0.717) is 12.8 Å². The van der Waals surface area contributed by atoms with Gasteiger partial charge in [0.2, 0.25) is 10.0 Å². The molecule has 0 aliphatic carbocycles. The number of ether oxygens (including phenoxy) is 1. The van der Waals surface area contributed by atoms with Crippen LogP contribution in [-0.4, -0.2) is 26.4 Å². The second-order valence-electron chi connectivity index (χ2n) is 4.15. The number of rotatable bonds is 6. The van der Waals surface area contributed by atoms with Crippen LogP contribution in [0.5, 0.6) is 0 Å². The van der Waals surface area contributed by atoms with Crippen LogP contribution in [0.3, 0.4) is 0 Å². The first-order valence-corrected chi connectivity index (χ1v) is 6.80. The molecule has 15 heavy (non-hydrogen) atoms. The summed E-state index contributed by atoms with van der Waals surface area (Å²) in [7, 11) is -3.49. The Morgan fingerprint density at radius 2 is 2.27 bits per heavy atom. The Hall–Kier alpha value is -0.390. The third kappa shape index (κ3) is 3.59. The molecule has 3 atom stereocenters. The summed E-state index contributed by atoms with van der Waals surface area (Å²) < 4.78 is 28.1. The second-order valence-corrected chi connectivity index (χ2v) is 5.93. The van der Waals surface area contributed by atoms with Gasteiger partial charge in [0, 0.05) is 6.61 Å². The molecular formula is C10H19NO3S. The molecule has 1 saturated heterocycles. The summed E-state index contributed by atoms with van der Waals surface area (Å²) in [6.45, 7) is 6.23. The van der Waals surface area contributed by atoms with Crippen LogP contribution in [0.15, 0.2) is 12.7 Å². The minimum Gasteiger partial charge on any atom is -0.378 e. The molecule has 0 bridgehead atoms. The highest BCUT2D eigenvalue weighted by Gasteiger charge is 2.32. The fourth-order valence-corrected chi connectivity index (χ4v) is 3.08. The fourth-order valence-electron chi connectivity index (χ4n) is 1.83. The second kappa shape index (κ2) is 5.09. The molecular weight excluding hydrogens is 214 g/mol. The van der Waals surface area contributed by atoms with Crippen molar-refractivity contribution in [1.82, 2.24) is 0 Å². The van der Waals surface area contributed by atoms with E-state index in [1.54, 1.807) is 6.08 Å². The average Bonchev–Trinajstić information content (AvgIpc) is 1.99. The maximum absolute atomic E-state index is 11.4. The lowest BCUT2D eigenvalue weighted by Crippen LogP contribution is -2.40. The molecule has 1 aliphatic rings. The molecule has 5 heteroatoms. The Labute approximate surface area is 91.5 Å². The first-order chi connectivity index (χ1) is 6.95. The lowest BCUT2D eigenvalue weighted by Gasteiger charge is -2.31. The van der Waals surface area contributed by atoms with Gasteiger partial charge in [-0.1, -0.05) is 13.0 Å². The van der Waals surface area contributed by atoms with Crippen LogP contribution in [0.2, 0.25) is 0 Å².